The summed E-state index contributed by atoms with van der Waals surface area (Å²) in [7, 11) is 0. The summed E-state index contributed by atoms with van der Waals surface area (Å²) >= 11 is 1.28. The molecule has 1 amide bonds. The number of aliphatic carboxylic acids is 1. The van der Waals surface area contributed by atoms with Crippen LogP contribution in [0.5, 0.6) is 0 Å². The molecular weight excluding hydrogens is 354 g/mol. The quantitative estimate of drug-likeness (QED) is 0.606. The summed E-state index contributed by atoms with van der Waals surface area (Å²) < 4.78 is 0. The molecule has 2 unspecified atom stereocenters. The lowest BCUT2D eigenvalue weighted by molar-refractivity contribution is -0.146. The van der Waals surface area contributed by atoms with Crippen LogP contribution < -0.4 is 5.32 Å². The maximum absolute atomic E-state index is 12.5. The average molecular weight is 371 g/mol. The third kappa shape index (κ3) is 2.97. The van der Waals surface area contributed by atoms with Crippen molar-refractivity contribution >= 4 is 39.4 Å². The Morgan fingerprint density at radius 1 is 1.27 bits per heavy atom. The molecule has 0 spiro atoms. The van der Waals surface area contributed by atoms with Gasteiger partial charge in [-0.05, 0) is 18.9 Å². The SMILES string of the molecule is O=C(O)C1CC=CCC1C(=O)Nc1nc(-c2ncnc3[nH]ccc23)cs1.[HH]. The number of thiazole rings is 1. The van der Waals surface area contributed by atoms with Gasteiger partial charge in [-0.25, -0.2) is 15.0 Å². The number of rotatable bonds is 4. The number of carboxylic acid groups (broad SMARTS) is 1. The van der Waals surface area contributed by atoms with Crippen LogP contribution in [-0.2, 0) is 9.59 Å². The van der Waals surface area contributed by atoms with Crippen molar-refractivity contribution in [2.75, 3.05) is 5.32 Å². The van der Waals surface area contributed by atoms with Gasteiger partial charge in [0.15, 0.2) is 5.13 Å². The molecule has 0 aromatic carbocycles. The molecule has 0 fully saturated rings. The topological polar surface area (TPSA) is 121 Å². The number of nitrogens with zero attached hydrogens (tertiary/aromatic N) is 3. The highest BCUT2D eigenvalue weighted by molar-refractivity contribution is 7.14. The van der Waals surface area contributed by atoms with Crippen LogP contribution in [-0.4, -0.2) is 36.9 Å². The van der Waals surface area contributed by atoms with Crippen LogP contribution in [0.15, 0.2) is 36.1 Å². The van der Waals surface area contributed by atoms with Gasteiger partial charge >= 0.3 is 5.97 Å². The second-order valence-corrected chi connectivity index (χ2v) is 6.84. The van der Waals surface area contributed by atoms with Gasteiger partial charge in [-0.1, -0.05) is 12.2 Å². The molecule has 0 aliphatic heterocycles. The summed E-state index contributed by atoms with van der Waals surface area (Å²) in [5.74, 6) is -2.58. The zero-order valence-electron chi connectivity index (χ0n) is 13.5. The lowest BCUT2D eigenvalue weighted by atomic mass is 9.82. The lowest BCUT2D eigenvalue weighted by Gasteiger charge is -2.23. The van der Waals surface area contributed by atoms with E-state index in [1.54, 1.807) is 17.7 Å². The summed E-state index contributed by atoms with van der Waals surface area (Å²) in [5.41, 5.74) is 2.03. The molecule has 0 radical (unpaired) electrons. The summed E-state index contributed by atoms with van der Waals surface area (Å²) in [4.78, 5) is 39.8. The van der Waals surface area contributed by atoms with Gasteiger partial charge in [0.25, 0.3) is 0 Å². The van der Waals surface area contributed by atoms with Crippen molar-refractivity contribution < 1.29 is 16.1 Å². The van der Waals surface area contributed by atoms with Crippen LogP contribution >= 0.6 is 11.3 Å². The van der Waals surface area contributed by atoms with Gasteiger partial charge < -0.3 is 15.4 Å². The highest BCUT2D eigenvalue weighted by Gasteiger charge is 2.34. The first-order valence-electron chi connectivity index (χ1n) is 8.06. The molecule has 1 aliphatic carbocycles. The van der Waals surface area contributed by atoms with E-state index in [0.29, 0.717) is 35.0 Å². The standard InChI is InChI=1S/C17H15N5O3S.H2/c23-15(9-3-1-2-4-10(9)16(24)25)22-17-21-12(7-26-17)13-11-5-6-18-14(11)20-8-19-13;/h1-2,5-10H,3-4H2,(H,24,25)(H,18,19,20)(H,21,22,23);1H. The number of carbonyl (C=O) groups excluding carboxylic acids is 1. The number of hydrogen-bond donors (Lipinski definition) is 3. The molecule has 0 bridgehead atoms. The van der Waals surface area contributed by atoms with E-state index in [2.05, 4.69) is 25.3 Å². The molecule has 9 heteroatoms. The monoisotopic (exact) mass is 371 g/mol. The maximum Gasteiger partial charge on any atom is 0.307 e. The Kier molecular flexibility index (Phi) is 4.21. The van der Waals surface area contributed by atoms with Crippen LogP contribution in [0.4, 0.5) is 5.13 Å². The van der Waals surface area contributed by atoms with Gasteiger partial charge in [-0.15, -0.1) is 11.3 Å². The number of carbonyl (C=O) groups is 2. The number of aromatic nitrogens is 4. The number of amides is 1. The molecular formula is C17H17N5O3S. The molecule has 3 aromatic heterocycles. The number of hydrogen-bond acceptors (Lipinski definition) is 6. The third-order valence-electron chi connectivity index (χ3n) is 4.42. The zero-order valence-corrected chi connectivity index (χ0v) is 14.4. The molecule has 26 heavy (non-hydrogen) atoms. The Balaban J connectivity index is 0.00000210. The highest BCUT2D eigenvalue weighted by Crippen LogP contribution is 2.30. The predicted molar refractivity (Wildman–Crippen MR) is 98.7 cm³/mol. The Hall–Kier alpha value is -3.07. The third-order valence-corrected chi connectivity index (χ3v) is 5.17. The maximum atomic E-state index is 12.5. The first-order chi connectivity index (χ1) is 12.6. The first-order valence-corrected chi connectivity index (χ1v) is 8.94. The molecule has 0 saturated carbocycles. The number of fused-ring (bicyclic) bond motifs is 1. The van der Waals surface area contributed by atoms with Gasteiger partial charge in [-0.2, -0.15) is 0 Å². The normalized spacial score (nSPS) is 19.5. The minimum absolute atomic E-state index is 0. The number of H-pyrrole nitrogens is 1. The van der Waals surface area contributed by atoms with E-state index >= 15 is 0 Å². The van der Waals surface area contributed by atoms with Crippen LogP contribution in [0.25, 0.3) is 22.4 Å². The molecule has 134 valence electrons. The van der Waals surface area contributed by atoms with Gasteiger partial charge in [-0.3, -0.25) is 9.59 Å². The van der Waals surface area contributed by atoms with Crippen molar-refractivity contribution in [3.63, 3.8) is 0 Å². The summed E-state index contributed by atoms with van der Waals surface area (Å²) in [6, 6.07) is 1.87. The second-order valence-electron chi connectivity index (χ2n) is 5.98. The van der Waals surface area contributed by atoms with Crippen LogP contribution in [0.3, 0.4) is 0 Å². The summed E-state index contributed by atoms with van der Waals surface area (Å²) in [6.07, 6.45) is 7.67. The van der Waals surface area contributed by atoms with E-state index in [0.717, 1.165) is 5.39 Å². The fourth-order valence-corrected chi connectivity index (χ4v) is 3.79. The van der Waals surface area contributed by atoms with E-state index in [-0.39, 0.29) is 7.33 Å². The van der Waals surface area contributed by atoms with E-state index in [1.807, 2.05) is 12.1 Å². The summed E-state index contributed by atoms with van der Waals surface area (Å²) in [6.45, 7) is 0. The number of aromatic amines is 1. The Labute approximate surface area is 153 Å². The molecule has 3 aromatic rings. The van der Waals surface area contributed by atoms with Crippen LogP contribution in [0.2, 0.25) is 0 Å². The van der Waals surface area contributed by atoms with Crippen molar-refractivity contribution in [2.45, 2.75) is 12.8 Å². The number of carboxylic acids is 1. The first kappa shape index (κ1) is 16.4. The van der Waals surface area contributed by atoms with Crippen molar-refractivity contribution in [2.24, 2.45) is 11.8 Å². The van der Waals surface area contributed by atoms with E-state index in [1.165, 1.54) is 17.7 Å². The van der Waals surface area contributed by atoms with Gasteiger partial charge in [0, 0.05) is 18.4 Å². The highest BCUT2D eigenvalue weighted by atomic mass is 32.1. The van der Waals surface area contributed by atoms with Crippen LogP contribution in [0, 0.1) is 11.8 Å². The Morgan fingerprint density at radius 2 is 2.08 bits per heavy atom. The van der Waals surface area contributed by atoms with Crippen molar-refractivity contribution in [3.8, 4) is 11.4 Å². The largest absolute Gasteiger partial charge is 0.481 e. The minimum atomic E-state index is -0.954. The second kappa shape index (κ2) is 6.68. The molecule has 4 rings (SSSR count). The smallest absolute Gasteiger partial charge is 0.307 e. The van der Waals surface area contributed by atoms with Gasteiger partial charge in [0.2, 0.25) is 5.91 Å². The fraction of sp³-hybridized carbons (Fsp3) is 0.235. The Morgan fingerprint density at radius 3 is 2.88 bits per heavy atom. The average Bonchev–Trinajstić information content (AvgIpc) is 3.30. The van der Waals surface area contributed by atoms with E-state index in [9.17, 15) is 14.7 Å². The molecule has 3 heterocycles. The number of anilines is 1. The minimum Gasteiger partial charge on any atom is -0.481 e. The van der Waals surface area contributed by atoms with E-state index < -0.39 is 17.8 Å². The van der Waals surface area contributed by atoms with Crippen molar-refractivity contribution in [1.29, 1.82) is 0 Å². The lowest BCUT2D eigenvalue weighted by Crippen LogP contribution is -2.34. The van der Waals surface area contributed by atoms with Gasteiger partial charge in [0.1, 0.15) is 23.4 Å². The number of nitrogens with one attached hydrogen (secondary N) is 2. The number of allylic oxidation sites excluding steroid dienone is 2. The molecule has 8 nitrogen and oxygen atoms in total. The molecule has 1 aliphatic rings. The molecule has 2 atom stereocenters. The van der Waals surface area contributed by atoms with Crippen molar-refractivity contribution in [1.82, 2.24) is 19.9 Å². The summed E-state index contributed by atoms with van der Waals surface area (Å²) in [5, 5.41) is 15.1. The van der Waals surface area contributed by atoms with Gasteiger partial charge in [0.05, 0.1) is 11.8 Å². The van der Waals surface area contributed by atoms with E-state index in [4.69, 9.17) is 0 Å². The predicted octanol–water partition coefficient (Wildman–Crippen LogP) is 2.93. The molecule has 0 saturated heterocycles. The Bertz CT molecular complexity index is 1010. The van der Waals surface area contributed by atoms with Crippen LogP contribution in [0.1, 0.15) is 14.3 Å². The zero-order chi connectivity index (χ0) is 18.1. The van der Waals surface area contributed by atoms with Crippen molar-refractivity contribution in [3.05, 3.63) is 36.1 Å². The molecule has 3 N–H and O–H groups in total. The fourth-order valence-electron chi connectivity index (χ4n) is 3.09.